The van der Waals surface area contributed by atoms with Crippen molar-refractivity contribution in [2.24, 2.45) is 0 Å². The molecule has 0 aliphatic carbocycles. The number of rotatable bonds is 2. The van der Waals surface area contributed by atoms with Crippen LogP contribution in [0.15, 0.2) is 24.3 Å². The van der Waals surface area contributed by atoms with Crippen LogP contribution in [0.25, 0.3) is 0 Å². The average Bonchev–Trinajstić information content (AvgIpc) is 1.95. The van der Waals surface area contributed by atoms with Gasteiger partial charge < -0.3 is 0 Å². The molecule has 0 aliphatic rings. The van der Waals surface area contributed by atoms with E-state index in [1.807, 2.05) is 12.1 Å². The summed E-state index contributed by atoms with van der Waals surface area (Å²) < 4.78 is 1.43. The Hall–Kier alpha value is 0.0295. The maximum absolute atomic E-state index is 5.72. The molecule has 2 heteroatoms. The van der Waals surface area contributed by atoms with Gasteiger partial charge in [-0.25, -0.2) is 0 Å². The molecule has 0 fully saturated rings. The van der Waals surface area contributed by atoms with Crippen LogP contribution in [0.4, 0.5) is 0 Å². The summed E-state index contributed by atoms with van der Waals surface area (Å²) in [5, 5.41) is 2.09. The molecule has 0 N–H and O–H groups in total. The van der Waals surface area contributed by atoms with E-state index in [0.717, 1.165) is 5.02 Å². The summed E-state index contributed by atoms with van der Waals surface area (Å²) in [6, 6.07) is 8.11. The molecule has 1 aromatic carbocycles. The second-order valence-electron chi connectivity index (χ2n) is 1.89. The molecule has 0 heterocycles. The fraction of sp³-hybridized carbons (Fsp3) is 0.250. The third-order valence-corrected chi connectivity index (χ3v) is 3.25. The van der Waals surface area contributed by atoms with Gasteiger partial charge in [0.05, 0.1) is 0 Å². The van der Waals surface area contributed by atoms with Crippen molar-refractivity contribution in [1.29, 1.82) is 0 Å². The van der Waals surface area contributed by atoms with Gasteiger partial charge in [-0.05, 0) is 0 Å². The second kappa shape index (κ2) is 4.02. The van der Waals surface area contributed by atoms with Crippen molar-refractivity contribution in [3.05, 3.63) is 29.3 Å². The number of halogens is 1. The van der Waals surface area contributed by atoms with Gasteiger partial charge in [0.25, 0.3) is 0 Å². The molecular formula is C8H9ClSe. The van der Waals surface area contributed by atoms with Gasteiger partial charge >= 0.3 is 72.6 Å². The Bertz CT molecular complexity index is 193. The van der Waals surface area contributed by atoms with Gasteiger partial charge in [0.2, 0.25) is 0 Å². The van der Waals surface area contributed by atoms with Crippen LogP contribution in [0.1, 0.15) is 6.92 Å². The Kier molecular flexibility index (Phi) is 3.27. The van der Waals surface area contributed by atoms with Crippen LogP contribution in [-0.4, -0.2) is 15.0 Å². The van der Waals surface area contributed by atoms with E-state index in [1.165, 1.54) is 9.78 Å². The van der Waals surface area contributed by atoms with E-state index < -0.39 is 0 Å². The molecule has 0 nitrogen and oxygen atoms in total. The van der Waals surface area contributed by atoms with E-state index in [4.69, 9.17) is 11.6 Å². The first kappa shape index (κ1) is 8.13. The molecule has 0 spiro atoms. The maximum atomic E-state index is 5.72. The normalized spacial score (nSPS) is 9.80. The first-order valence-electron chi connectivity index (χ1n) is 3.21. The van der Waals surface area contributed by atoms with E-state index in [-0.39, 0.29) is 0 Å². The predicted octanol–water partition coefficient (Wildman–Crippen LogP) is 2.11. The zero-order valence-electron chi connectivity index (χ0n) is 5.80. The molecule has 0 bridgehead atoms. The topological polar surface area (TPSA) is 0 Å². The zero-order valence-corrected chi connectivity index (χ0v) is 8.27. The van der Waals surface area contributed by atoms with Crippen molar-refractivity contribution in [2.45, 2.75) is 12.2 Å². The molecule has 1 aromatic rings. The zero-order chi connectivity index (χ0) is 7.40. The van der Waals surface area contributed by atoms with E-state index in [9.17, 15) is 0 Å². The molecule has 0 atom stereocenters. The molecule has 1 rings (SSSR count). The summed E-state index contributed by atoms with van der Waals surface area (Å²) >= 11 is 6.36. The summed E-state index contributed by atoms with van der Waals surface area (Å²) in [7, 11) is 0. The molecule has 10 heavy (non-hydrogen) atoms. The Balaban J connectivity index is 2.69. The fourth-order valence-corrected chi connectivity index (χ4v) is 2.21. The third kappa shape index (κ3) is 2.34. The van der Waals surface area contributed by atoms with Crippen molar-refractivity contribution in [2.75, 3.05) is 0 Å². The van der Waals surface area contributed by atoms with Gasteiger partial charge in [-0.2, -0.15) is 0 Å². The molecule has 54 valence electrons. The number of hydrogen-bond acceptors (Lipinski definition) is 0. The van der Waals surface area contributed by atoms with Crippen LogP contribution in [0.5, 0.6) is 0 Å². The fourth-order valence-electron chi connectivity index (χ4n) is 0.697. The SMILES string of the molecule is CC[Se]c1ccc(Cl)cc1. The van der Waals surface area contributed by atoms with E-state index in [2.05, 4.69) is 19.1 Å². The van der Waals surface area contributed by atoms with Gasteiger partial charge in [0, 0.05) is 0 Å². The van der Waals surface area contributed by atoms with Crippen LogP contribution in [0.3, 0.4) is 0 Å². The molecule has 0 aromatic heterocycles. The predicted molar refractivity (Wildman–Crippen MR) is 47.3 cm³/mol. The molecular weight excluding hydrogens is 211 g/mol. The van der Waals surface area contributed by atoms with Gasteiger partial charge in [-0.1, -0.05) is 0 Å². The number of hydrogen-bond donors (Lipinski definition) is 0. The van der Waals surface area contributed by atoms with Crippen LogP contribution >= 0.6 is 11.6 Å². The van der Waals surface area contributed by atoms with Gasteiger partial charge in [-0.15, -0.1) is 0 Å². The second-order valence-corrected chi connectivity index (χ2v) is 5.13. The molecule has 0 saturated heterocycles. The summed E-state index contributed by atoms with van der Waals surface area (Å²) in [5.41, 5.74) is 0. The van der Waals surface area contributed by atoms with E-state index in [1.54, 1.807) is 0 Å². The minimum atomic E-state index is 0.643. The molecule has 0 aliphatic heterocycles. The summed E-state index contributed by atoms with van der Waals surface area (Å²) in [4.78, 5) is 0. The monoisotopic (exact) mass is 220 g/mol. The molecule has 0 radical (unpaired) electrons. The van der Waals surface area contributed by atoms with Crippen LogP contribution < -0.4 is 4.46 Å². The summed E-state index contributed by atoms with van der Waals surface area (Å²) in [6.45, 7) is 2.20. The Labute approximate surface area is 72.7 Å². The third-order valence-electron chi connectivity index (χ3n) is 1.12. The van der Waals surface area contributed by atoms with Gasteiger partial charge in [0.1, 0.15) is 0 Å². The van der Waals surface area contributed by atoms with Crippen molar-refractivity contribution < 1.29 is 0 Å². The van der Waals surface area contributed by atoms with Crippen LogP contribution in [-0.2, 0) is 0 Å². The van der Waals surface area contributed by atoms with Crippen molar-refractivity contribution in [3.63, 3.8) is 0 Å². The quantitative estimate of drug-likeness (QED) is 0.669. The van der Waals surface area contributed by atoms with Crippen molar-refractivity contribution >= 4 is 31.0 Å². The molecule has 0 amide bonds. The first-order valence-corrected chi connectivity index (χ1v) is 5.66. The summed E-state index contributed by atoms with van der Waals surface area (Å²) in [6.07, 6.45) is 0. The summed E-state index contributed by atoms with van der Waals surface area (Å²) in [5.74, 6) is 0. The van der Waals surface area contributed by atoms with Crippen molar-refractivity contribution in [1.82, 2.24) is 0 Å². The molecule has 0 unspecified atom stereocenters. The first-order chi connectivity index (χ1) is 4.83. The Morgan fingerprint density at radius 1 is 1.30 bits per heavy atom. The Morgan fingerprint density at radius 2 is 1.90 bits per heavy atom. The number of benzene rings is 1. The van der Waals surface area contributed by atoms with Gasteiger partial charge in [0.15, 0.2) is 0 Å². The van der Waals surface area contributed by atoms with Crippen LogP contribution in [0, 0.1) is 0 Å². The van der Waals surface area contributed by atoms with E-state index in [0.29, 0.717) is 15.0 Å². The molecule has 0 saturated carbocycles. The Morgan fingerprint density at radius 3 is 2.40 bits per heavy atom. The van der Waals surface area contributed by atoms with Gasteiger partial charge in [-0.3, -0.25) is 0 Å². The standard InChI is InChI=1S/C8H9ClSe/c1-2-10-8-5-3-7(9)4-6-8/h3-6H,2H2,1H3. The average molecular weight is 220 g/mol. The van der Waals surface area contributed by atoms with E-state index >= 15 is 0 Å². The van der Waals surface area contributed by atoms with Crippen molar-refractivity contribution in [3.8, 4) is 0 Å². The minimum absolute atomic E-state index is 0.643. The van der Waals surface area contributed by atoms with Crippen LogP contribution in [0.2, 0.25) is 10.3 Å².